The molecule has 4 rings (SSSR count). The highest BCUT2D eigenvalue weighted by atomic mass is 35.5. The molecule has 0 atom stereocenters. The molecule has 4 aromatic rings. The molecule has 0 unspecified atom stereocenters. The lowest BCUT2D eigenvalue weighted by atomic mass is 10.0. The smallest absolute Gasteiger partial charge is 0.356 e. The number of aromatic nitrogens is 1. The van der Waals surface area contributed by atoms with Crippen LogP contribution in [0.5, 0.6) is 0 Å². The van der Waals surface area contributed by atoms with Gasteiger partial charge in [-0.3, -0.25) is 0 Å². The van der Waals surface area contributed by atoms with E-state index in [2.05, 4.69) is 0 Å². The molecular weight excluding hydrogens is 656 g/mol. The van der Waals surface area contributed by atoms with Crippen LogP contribution in [-0.2, 0) is 24.3 Å². The summed E-state index contributed by atoms with van der Waals surface area (Å²) < 4.78 is 40.3. The van der Waals surface area contributed by atoms with Crippen LogP contribution in [0.25, 0.3) is 22.6 Å². The number of rotatable bonds is 7. The fraction of sp³-hybridized carbons (Fsp3) is 0.226. The van der Waals surface area contributed by atoms with E-state index in [1.807, 2.05) is 6.92 Å². The van der Waals surface area contributed by atoms with Crippen molar-refractivity contribution >= 4 is 90.9 Å². The Kier molecular flexibility index (Phi) is 9.59. The second-order valence-electron chi connectivity index (χ2n) is 10.5. The average Bonchev–Trinajstić information content (AvgIpc) is 3.22. The summed E-state index contributed by atoms with van der Waals surface area (Å²) in [5.74, 6) is -1.77. The van der Waals surface area contributed by atoms with Gasteiger partial charge in [0.25, 0.3) is 10.0 Å². The molecule has 0 aliphatic heterocycles. The van der Waals surface area contributed by atoms with Gasteiger partial charge in [0, 0.05) is 26.6 Å². The molecule has 1 aromatic heterocycles. The summed E-state index contributed by atoms with van der Waals surface area (Å²) in [4.78, 5) is 27.2. The molecule has 0 spiro atoms. The minimum absolute atomic E-state index is 0.00174. The topological polar surface area (TPSA) is 91.7 Å². The standard InChI is InChI=1S/C31H27Cl4NO6S/c1-6-41-30(38)28-23(16-22(29(37)42-31(3,4)5)21-12-9-18(32)13-24(21)34)27-25(35)14-19(33)15-26(27)36(28)43(39,40)20-10-7-17(2)8-11-20/h7-16H,6H2,1-5H3/b22-16+. The Balaban J connectivity index is 2.21. The number of carbonyl (C=O) groups is 2. The third-order valence-corrected chi connectivity index (χ3v) is 8.93. The van der Waals surface area contributed by atoms with Crippen LogP contribution in [0.2, 0.25) is 20.1 Å². The van der Waals surface area contributed by atoms with E-state index in [1.165, 1.54) is 48.5 Å². The highest BCUT2D eigenvalue weighted by Crippen LogP contribution is 2.40. The van der Waals surface area contributed by atoms with Crippen molar-refractivity contribution in [3.63, 3.8) is 0 Å². The number of hydrogen-bond donors (Lipinski definition) is 0. The Morgan fingerprint density at radius 3 is 2.12 bits per heavy atom. The van der Waals surface area contributed by atoms with Crippen molar-refractivity contribution in [2.24, 2.45) is 0 Å². The number of aryl methyl sites for hydroxylation is 1. The first-order chi connectivity index (χ1) is 20.0. The first kappa shape index (κ1) is 32.9. The average molecular weight is 683 g/mol. The van der Waals surface area contributed by atoms with Crippen molar-refractivity contribution in [1.82, 2.24) is 3.97 Å². The van der Waals surface area contributed by atoms with Gasteiger partial charge in [0.1, 0.15) is 5.60 Å². The molecule has 0 aliphatic rings. The molecule has 12 heteroatoms. The summed E-state index contributed by atoms with van der Waals surface area (Å²) in [6, 6.07) is 13.4. The molecule has 0 aliphatic carbocycles. The van der Waals surface area contributed by atoms with Gasteiger partial charge in [-0.15, -0.1) is 0 Å². The zero-order valence-corrected chi connectivity index (χ0v) is 27.6. The van der Waals surface area contributed by atoms with E-state index in [1.54, 1.807) is 39.8 Å². The van der Waals surface area contributed by atoms with Gasteiger partial charge < -0.3 is 9.47 Å². The summed E-state index contributed by atoms with van der Waals surface area (Å²) >= 11 is 25.7. The third kappa shape index (κ3) is 6.89. The molecule has 1 heterocycles. The van der Waals surface area contributed by atoms with Crippen molar-refractivity contribution in [3.8, 4) is 0 Å². The normalized spacial score (nSPS) is 12.4. The highest BCUT2D eigenvalue weighted by Gasteiger charge is 2.33. The maximum absolute atomic E-state index is 14.2. The Labute approximate surface area is 269 Å². The van der Waals surface area contributed by atoms with Crippen molar-refractivity contribution in [2.75, 3.05) is 6.61 Å². The van der Waals surface area contributed by atoms with E-state index >= 15 is 0 Å². The predicted molar refractivity (Wildman–Crippen MR) is 172 cm³/mol. The van der Waals surface area contributed by atoms with Gasteiger partial charge in [0.05, 0.1) is 32.6 Å². The van der Waals surface area contributed by atoms with E-state index in [9.17, 15) is 18.0 Å². The molecule has 7 nitrogen and oxygen atoms in total. The zero-order valence-electron chi connectivity index (χ0n) is 23.8. The number of carbonyl (C=O) groups excluding carboxylic acids is 2. The van der Waals surface area contributed by atoms with Gasteiger partial charge in [-0.25, -0.2) is 22.0 Å². The number of nitrogens with zero attached hydrogens (tertiary/aromatic N) is 1. The van der Waals surface area contributed by atoms with E-state index in [0.29, 0.717) is 5.02 Å². The number of ether oxygens (including phenoxy) is 2. The molecule has 0 amide bonds. The maximum Gasteiger partial charge on any atom is 0.356 e. The van der Waals surface area contributed by atoms with Crippen LogP contribution in [0.4, 0.5) is 0 Å². The molecule has 0 N–H and O–H groups in total. The molecule has 0 saturated heterocycles. The van der Waals surface area contributed by atoms with Crippen LogP contribution >= 0.6 is 46.4 Å². The fourth-order valence-corrected chi connectivity index (χ4v) is 6.97. The van der Waals surface area contributed by atoms with E-state index in [-0.39, 0.29) is 54.2 Å². The lowest BCUT2D eigenvalue weighted by Crippen LogP contribution is -2.24. The SMILES string of the molecule is CCOC(=O)c1c(/C=C(/C(=O)OC(C)(C)C)c2ccc(Cl)cc2Cl)c2c(Cl)cc(Cl)cc2n1S(=O)(=O)c1ccc(C)cc1. The Hall–Kier alpha value is -3.01. The van der Waals surface area contributed by atoms with Gasteiger partial charge in [0.2, 0.25) is 0 Å². The van der Waals surface area contributed by atoms with E-state index < -0.39 is 33.3 Å². The highest BCUT2D eigenvalue weighted by molar-refractivity contribution is 7.90. The van der Waals surface area contributed by atoms with Crippen LogP contribution in [0.1, 0.15) is 54.9 Å². The molecule has 0 radical (unpaired) electrons. The second-order valence-corrected chi connectivity index (χ2v) is 14.0. The van der Waals surface area contributed by atoms with E-state index in [0.717, 1.165) is 9.54 Å². The van der Waals surface area contributed by atoms with Gasteiger partial charge in [-0.05, 0) is 77.1 Å². The Morgan fingerprint density at radius 2 is 1.53 bits per heavy atom. The van der Waals surface area contributed by atoms with Gasteiger partial charge in [-0.1, -0.05) is 70.2 Å². The minimum Gasteiger partial charge on any atom is -0.461 e. The number of halogens is 4. The van der Waals surface area contributed by atoms with Gasteiger partial charge in [0.15, 0.2) is 5.69 Å². The van der Waals surface area contributed by atoms with Crippen LogP contribution in [0, 0.1) is 6.92 Å². The number of benzene rings is 3. The molecular formula is C31H27Cl4NO6S. The summed E-state index contributed by atoms with van der Waals surface area (Å²) in [6.45, 7) is 8.40. The van der Waals surface area contributed by atoms with Crippen LogP contribution in [0.15, 0.2) is 59.5 Å². The summed E-state index contributed by atoms with van der Waals surface area (Å²) in [5.41, 5.74) is -0.350. The van der Waals surface area contributed by atoms with Crippen molar-refractivity contribution in [3.05, 3.63) is 97.1 Å². The van der Waals surface area contributed by atoms with Crippen molar-refractivity contribution in [1.29, 1.82) is 0 Å². The second kappa shape index (κ2) is 12.5. The molecule has 0 saturated carbocycles. The summed E-state index contributed by atoms with van der Waals surface area (Å²) in [7, 11) is -4.44. The Bertz CT molecular complexity index is 1890. The number of esters is 2. The number of fused-ring (bicyclic) bond motifs is 1. The third-order valence-electron chi connectivity index (χ3n) is 6.14. The monoisotopic (exact) mass is 681 g/mol. The van der Waals surface area contributed by atoms with E-state index in [4.69, 9.17) is 55.9 Å². The predicted octanol–water partition coefficient (Wildman–Crippen LogP) is 8.86. The molecule has 226 valence electrons. The van der Waals surface area contributed by atoms with Crippen LogP contribution in [-0.4, -0.2) is 36.5 Å². The Morgan fingerprint density at radius 1 is 0.907 bits per heavy atom. The van der Waals surface area contributed by atoms with Crippen LogP contribution < -0.4 is 0 Å². The molecule has 0 bridgehead atoms. The lowest BCUT2D eigenvalue weighted by molar-refractivity contribution is -0.147. The first-order valence-corrected chi connectivity index (χ1v) is 15.9. The fourth-order valence-electron chi connectivity index (χ4n) is 4.37. The lowest BCUT2D eigenvalue weighted by Gasteiger charge is -2.21. The van der Waals surface area contributed by atoms with Crippen molar-refractivity contribution in [2.45, 2.75) is 45.1 Å². The zero-order chi connectivity index (χ0) is 31.9. The van der Waals surface area contributed by atoms with Gasteiger partial charge >= 0.3 is 11.9 Å². The quantitative estimate of drug-likeness (QED) is 0.143. The van der Waals surface area contributed by atoms with Crippen molar-refractivity contribution < 1.29 is 27.5 Å². The largest absolute Gasteiger partial charge is 0.461 e. The summed E-state index contributed by atoms with van der Waals surface area (Å²) in [5, 5.41) is 0.726. The molecule has 3 aromatic carbocycles. The van der Waals surface area contributed by atoms with Gasteiger partial charge in [-0.2, -0.15) is 0 Å². The molecule has 0 fully saturated rings. The maximum atomic E-state index is 14.2. The first-order valence-electron chi connectivity index (χ1n) is 13.0. The minimum atomic E-state index is -4.44. The summed E-state index contributed by atoms with van der Waals surface area (Å²) in [6.07, 6.45) is 1.32. The number of hydrogen-bond acceptors (Lipinski definition) is 6. The molecule has 43 heavy (non-hydrogen) atoms. The van der Waals surface area contributed by atoms with Crippen LogP contribution in [0.3, 0.4) is 0 Å².